The zero-order valence-electron chi connectivity index (χ0n) is 12.7. The topological polar surface area (TPSA) is 82.5 Å². The Kier molecular flexibility index (Phi) is 3.35. The van der Waals surface area contributed by atoms with Gasteiger partial charge >= 0.3 is 0 Å². The number of carbonyl (C=O) groups excluding carboxylic acids is 1. The highest BCUT2D eigenvalue weighted by molar-refractivity contribution is 6.05. The van der Waals surface area contributed by atoms with Crippen molar-refractivity contribution in [3.8, 4) is 11.1 Å². The molecule has 0 aromatic carbocycles. The maximum Gasteiger partial charge on any atom is 0.251 e. The standard InChI is InChI=1S/C18H14N4O2/c19-18(23)16-14(13-2-1-7-22-11-20-10-15(13)22)3-6-21-17(16)12-4-8-24-9-5-12/h1-8,10-11H,9H2,(H2,19,23). The zero-order chi connectivity index (χ0) is 16.5. The van der Waals surface area contributed by atoms with Gasteiger partial charge in [0.25, 0.3) is 5.91 Å². The first-order valence-electron chi connectivity index (χ1n) is 7.44. The molecule has 1 amide bonds. The van der Waals surface area contributed by atoms with Crippen molar-refractivity contribution >= 4 is 17.0 Å². The van der Waals surface area contributed by atoms with Gasteiger partial charge in [0, 0.05) is 29.1 Å². The smallest absolute Gasteiger partial charge is 0.251 e. The van der Waals surface area contributed by atoms with Crippen LogP contribution in [0.3, 0.4) is 0 Å². The monoisotopic (exact) mass is 318 g/mol. The van der Waals surface area contributed by atoms with E-state index in [9.17, 15) is 4.79 Å². The van der Waals surface area contributed by atoms with Crippen molar-refractivity contribution in [2.75, 3.05) is 6.61 Å². The van der Waals surface area contributed by atoms with Crippen LogP contribution >= 0.6 is 0 Å². The first kappa shape index (κ1) is 14.2. The summed E-state index contributed by atoms with van der Waals surface area (Å²) in [6, 6.07) is 5.65. The second kappa shape index (κ2) is 5.66. The van der Waals surface area contributed by atoms with Gasteiger partial charge in [0.1, 0.15) is 6.61 Å². The van der Waals surface area contributed by atoms with Gasteiger partial charge in [-0.25, -0.2) is 4.98 Å². The van der Waals surface area contributed by atoms with Gasteiger partial charge in [-0.3, -0.25) is 9.78 Å². The number of fused-ring (bicyclic) bond motifs is 1. The Balaban J connectivity index is 1.99. The van der Waals surface area contributed by atoms with Crippen LogP contribution in [0.5, 0.6) is 0 Å². The lowest BCUT2D eigenvalue weighted by atomic mass is 9.95. The van der Waals surface area contributed by atoms with Crippen LogP contribution in [-0.4, -0.2) is 26.9 Å². The van der Waals surface area contributed by atoms with Crippen LogP contribution in [0.4, 0.5) is 0 Å². The minimum atomic E-state index is -0.518. The van der Waals surface area contributed by atoms with Crippen LogP contribution in [-0.2, 0) is 4.74 Å². The normalized spacial score (nSPS) is 13.6. The number of amides is 1. The number of ether oxygens (including phenoxy) is 1. The van der Waals surface area contributed by atoms with Crippen LogP contribution < -0.4 is 5.73 Å². The van der Waals surface area contributed by atoms with Gasteiger partial charge in [0.2, 0.25) is 0 Å². The molecule has 0 saturated heterocycles. The number of hydrogen-bond acceptors (Lipinski definition) is 4. The molecule has 2 N–H and O–H groups in total. The number of imidazole rings is 1. The number of pyridine rings is 2. The summed E-state index contributed by atoms with van der Waals surface area (Å²) in [5.74, 6) is -0.518. The van der Waals surface area contributed by atoms with Crippen LogP contribution in [0.1, 0.15) is 16.1 Å². The number of allylic oxidation sites excluding steroid dienone is 2. The number of primary amides is 1. The lowest BCUT2D eigenvalue weighted by molar-refractivity contribution is 0.100. The number of aromatic nitrogens is 3. The van der Waals surface area contributed by atoms with E-state index in [0.717, 1.165) is 22.2 Å². The molecule has 0 atom stereocenters. The molecule has 6 nitrogen and oxygen atoms in total. The largest absolute Gasteiger partial charge is 0.497 e. The number of nitrogens with two attached hydrogens (primary N) is 1. The molecule has 1 aliphatic heterocycles. The fourth-order valence-electron chi connectivity index (χ4n) is 2.89. The van der Waals surface area contributed by atoms with E-state index in [1.54, 1.807) is 37.1 Å². The van der Waals surface area contributed by atoms with Crippen LogP contribution in [0, 0.1) is 0 Å². The second-order valence-corrected chi connectivity index (χ2v) is 5.35. The molecule has 1 aliphatic rings. The van der Waals surface area contributed by atoms with Crippen molar-refractivity contribution in [3.63, 3.8) is 0 Å². The fourth-order valence-corrected chi connectivity index (χ4v) is 2.89. The van der Waals surface area contributed by atoms with Crippen LogP contribution in [0.2, 0.25) is 0 Å². The fraction of sp³-hybridized carbons (Fsp3) is 0.0556. The molecule has 118 valence electrons. The maximum atomic E-state index is 12.2. The average Bonchev–Trinajstić information content (AvgIpc) is 3.10. The quantitative estimate of drug-likeness (QED) is 0.804. The predicted molar refractivity (Wildman–Crippen MR) is 90.0 cm³/mol. The molecule has 0 spiro atoms. The van der Waals surface area contributed by atoms with Crippen molar-refractivity contribution in [1.82, 2.24) is 14.4 Å². The van der Waals surface area contributed by atoms with Crippen molar-refractivity contribution in [2.24, 2.45) is 5.73 Å². The molecular formula is C18H14N4O2. The Hall–Kier alpha value is -3.41. The van der Waals surface area contributed by atoms with E-state index in [4.69, 9.17) is 10.5 Å². The number of carbonyl (C=O) groups is 1. The molecule has 4 rings (SSSR count). The Morgan fingerprint density at radius 3 is 3.00 bits per heavy atom. The van der Waals surface area contributed by atoms with E-state index >= 15 is 0 Å². The molecular weight excluding hydrogens is 304 g/mol. The Morgan fingerprint density at radius 1 is 1.29 bits per heavy atom. The number of nitrogens with zero attached hydrogens (tertiary/aromatic N) is 3. The predicted octanol–water partition coefficient (Wildman–Crippen LogP) is 2.42. The van der Waals surface area contributed by atoms with E-state index in [2.05, 4.69) is 9.97 Å². The molecule has 0 radical (unpaired) electrons. The minimum absolute atomic E-state index is 0.393. The van der Waals surface area contributed by atoms with E-state index < -0.39 is 5.91 Å². The van der Waals surface area contributed by atoms with Gasteiger partial charge in [0.05, 0.1) is 35.6 Å². The van der Waals surface area contributed by atoms with Gasteiger partial charge in [-0.1, -0.05) is 6.07 Å². The highest BCUT2D eigenvalue weighted by atomic mass is 16.5. The lowest BCUT2D eigenvalue weighted by Crippen LogP contribution is -2.16. The average molecular weight is 318 g/mol. The first-order valence-corrected chi connectivity index (χ1v) is 7.44. The summed E-state index contributed by atoms with van der Waals surface area (Å²) in [5.41, 5.74) is 9.97. The molecule has 3 aromatic heterocycles. The second-order valence-electron chi connectivity index (χ2n) is 5.35. The summed E-state index contributed by atoms with van der Waals surface area (Å²) in [6.45, 7) is 0.439. The number of hydrogen-bond donors (Lipinski definition) is 1. The molecule has 0 unspecified atom stereocenters. The summed E-state index contributed by atoms with van der Waals surface area (Å²) in [7, 11) is 0. The third kappa shape index (κ3) is 2.25. The van der Waals surface area contributed by atoms with Crippen molar-refractivity contribution < 1.29 is 9.53 Å². The summed E-state index contributed by atoms with van der Waals surface area (Å²) >= 11 is 0. The summed E-state index contributed by atoms with van der Waals surface area (Å²) < 4.78 is 7.07. The van der Waals surface area contributed by atoms with E-state index in [1.165, 1.54) is 0 Å². The van der Waals surface area contributed by atoms with Gasteiger partial charge in [-0.15, -0.1) is 0 Å². The van der Waals surface area contributed by atoms with Gasteiger partial charge in [-0.05, 0) is 24.3 Å². The summed E-state index contributed by atoms with van der Waals surface area (Å²) in [6.07, 6.45) is 12.3. The van der Waals surface area contributed by atoms with Crippen molar-refractivity contribution in [2.45, 2.75) is 0 Å². The molecule has 4 heterocycles. The SMILES string of the molecule is NC(=O)c1c(-c2cccn3cncc23)ccnc1C1=CCOC=C1. The molecule has 6 heteroatoms. The third-order valence-corrected chi connectivity index (χ3v) is 3.96. The van der Waals surface area contributed by atoms with E-state index in [1.807, 2.05) is 28.8 Å². The Labute approximate surface area is 137 Å². The highest BCUT2D eigenvalue weighted by Gasteiger charge is 2.20. The minimum Gasteiger partial charge on any atom is -0.497 e. The molecule has 0 aliphatic carbocycles. The van der Waals surface area contributed by atoms with E-state index in [0.29, 0.717) is 17.9 Å². The maximum absolute atomic E-state index is 12.2. The van der Waals surface area contributed by atoms with Gasteiger partial charge in [0.15, 0.2) is 0 Å². The lowest BCUT2D eigenvalue weighted by Gasteiger charge is -2.15. The molecule has 24 heavy (non-hydrogen) atoms. The van der Waals surface area contributed by atoms with Crippen molar-refractivity contribution in [3.05, 3.63) is 72.8 Å². The van der Waals surface area contributed by atoms with Crippen LogP contribution in [0.15, 0.2) is 61.5 Å². The summed E-state index contributed by atoms with van der Waals surface area (Å²) in [4.78, 5) is 20.8. The summed E-state index contributed by atoms with van der Waals surface area (Å²) in [5, 5.41) is 0. The molecule has 3 aromatic rings. The highest BCUT2D eigenvalue weighted by Crippen LogP contribution is 2.31. The Morgan fingerprint density at radius 2 is 2.21 bits per heavy atom. The van der Waals surface area contributed by atoms with Gasteiger partial charge in [-0.2, -0.15) is 0 Å². The van der Waals surface area contributed by atoms with Crippen LogP contribution in [0.25, 0.3) is 22.2 Å². The van der Waals surface area contributed by atoms with Gasteiger partial charge < -0.3 is 14.9 Å². The first-order chi connectivity index (χ1) is 11.8. The molecule has 0 bridgehead atoms. The van der Waals surface area contributed by atoms with Crippen molar-refractivity contribution in [1.29, 1.82) is 0 Å². The zero-order valence-corrected chi connectivity index (χ0v) is 12.7. The number of rotatable bonds is 3. The van der Waals surface area contributed by atoms with E-state index in [-0.39, 0.29) is 0 Å². The third-order valence-electron chi connectivity index (χ3n) is 3.96. The molecule has 0 fully saturated rings. The molecule has 0 saturated carbocycles. The Bertz CT molecular complexity index is 1000.